The number of likely N-dealkylation sites (N-methyl/N-ethyl adjacent to an activating group) is 1. The quantitative estimate of drug-likeness (QED) is 0.141. The lowest BCUT2D eigenvalue weighted by Crippen LogP contribution is -2.61. The fourth-order valence-corrected chi connectivity index (χ4v) is 5.90. The molecule has 1 aliphatic rings. The number of carbonyl (C=O) groups excluding carboxylic acids is 5. The van der Waals surface area contributed by atoms with Crippen LogP contribution in [0.25, 0.3) is 0 Å². The van der Waals surface area contributed by atoms with Gasteiger partial charge in [-0.05, 0) is 24.7 Å². The molecule has 7 atom stereocenters. The van der Waals surface area contributed by atoms with Gasteiger partial charge in [0.2, 0.25) is 29.5 Å². The van der Waals surface area contributed by atoms with E-state index in [0.29, 0.717) is 19.3 Å². The lowest BCUT2D eigenvalue weighted by atomic mass is 9.94. The van der Waals surface area contributed by atoms with Crippen molar-refractivity contribution >= 4 is 29.5 Å². The van der Waals surface area contributed by atoms with Gasteiger partial charge in [-0.3, -0.25) is 24.0 Å². The summed E-state index contributed by atoms with van der Waals surface area (Å²) in [6.07, 6.45) is 10.2. The van der Waals surface area contributed by atoms with E-state index in [4.69, 9.17) is 10.5 Å². The molecule has 1 heterocycles. The number of carbonyl (C=O) groups is 5. The zero-order valence-electron chi connectivity index (χ0n) is 30.6. The standard InChI is InChI=1S/C35H66N6O7/c1-8-10-11-12-13-14-15-16-17-29-25(6)35(47)41(7)28(20-23(3)4)33(45)40-30(24(5)9-2)34(46)38-26(21-36)32(44)39-27(22-42)31(43)37-18-19-48-29/h23-30,42H,8-22,36H2,1-7H3,(H,37,43)(H,38,46)(H,39,44)(H,40,45)/t24-,25-,26+,27+,28+,29-,30+/m1/s1. The molecule has 1 fully saturated rings. The van der Waals surface area contributed by atoms with E-state index in [1.54, 1.807) is 14.0 Å². The highest BCUT2D eigenvalue weighted by molar-refractivity contribution is 5.96. The van der Waals surface area contributed by atoms with E-state index in [2.05, 4.69) is 28.2 Å². The second kappa shape index (κ2) is 23.6. The predicted molar refractivity (Wildman–Crippen MR) is 187 cm³/mol. The van der Waals surface area contributed by atoms with E-state index in [-0.39, 0.29) is 37.4 Å². The molecule has 13 heteroatoms. The van der Waals surface area contributed by atoms with Gasteiger partial charge in [-0.25, -0.2) is 0 Å². The molecule has 0 aromatic heterocycles. The fraction of sp³-hybridized carbons (Fsp3) is 0.857. The summed E-state index contributed by atoms with van der Waals surface area (Å²) in [6.45, 7) is 10.9. The maximum atomic E-state index is 14.0. The van der Waals surface area contributed by atoms with E-state index in [1.807, 2.05) is 27.7 Å². The molecule has 13 nitrogen and oxygen atoms in total. The van der Waals surface area contributed by atoms with Crippen molar-refractivity contribution in [3.8, 4) is 0 Å². The van der Waals surface area contributed by atoms with Crippen LogP contribution >= 0.6 is 0 Å². The molecule has 0 bridgehead atoms. The van der Waals surface area contributed by atoms with Crippen LogP contribution < -0.4 is 27.0 Å². The highest BCUT2D eigenvalue weighted by atomic mass is 16.5. The van der Waals surface area contributed by atoms with Crippen molar-refractivity contribution < 1.29 is 33.8 Å². The van der Waals surface area contributed by atoms with Crippen molar-refractivity contribution in [2.45, 2.75) is 142 Å². The summed E-state index contributed by atoms with van der Waals surface area (Å²) in [5.41, 5.74) is 5.82. The summed E-state index contributed by atoms with van der Waals surface area (Å²) < 4.78 is 6.21. The normalized spacial score (nSPS) is 26.5. The van der Waals surface area contributed by atoms with Gasteiger partial charge in [0, 0.05) is 20.1 Å². The average Bonchev–Trinajstić information content (AvgIpc) is 3.06. The Labute approximate surface area is 288 Å². The lowest BCUT2D eigenvalue weighted by molar-refractivity contribution is -0.147. The van der Waals surface area contributed by atoms with Crippen molar-refractivity contribution in [1.29, 1.82) is 0 Å². The van der Waals surface area contributed by atoms with Crippen LogP contribution in [0.5, 0.6) is 0 Å². The van der Waals surface area contributed by atoms with Crippen LogP contribution in [0.3, 0.4) is 0 Å². The first-order valence-electron chi connectivity index (χ1n) is 18.2. The van der Waals surface area contributed by atoms with Gasteiger partial charge < -0.3 is 41.7 Å². The minimum Gasteiger partial charge on any atom is -0.394 e. The van der Waals surface area contributed by atoms with Crippen LogP contribution in [0.15, 0.2) is 0 Å². The molecule has 5 amide bonds. The molecule has 0 aromatic rings. The van der Waals surface area contributed by atoms with E-state index in [9.17, 15) is 29.1 Å². The van der Waals surface area contributed by atoms with Crippen LogP contribution in [-0.4, -0.2) is 103 Å². The average molecular weight is 683 g/mol. The third kappa shape index (κ3) is 14.8. The predicted octanol–water partition coefficient (Wildman–Crippen LogP) is 1.99. The summed E-state index contributed by atoms with van der Waals surface area (Å²) in [4.78, 5) is 68.7. The number of nitrogens with zero attached hydrogens (tertiary/aromatic N) is 1. The molecule has 0 aromatic carbocycles. The summed E-state index contributed by atoms with van der Waals surface area (Å²) in [6, 6.07) is -4.36. The molecular formula is C35H66N6O7. The Hall–Kier alpha value is -2.77. The first kappa shape index (κ1) is 43.3. The van der Waals surface area contributed by atoms with Gasteiger partial charge in [0.15, 0.2) is 0 Å². The van der Waals surface area contributed by atoms with Gasteiger partial charge in [-0.2, -0.15) is 0 Å². The number of hydrogen-bond donors (Lipinski definition) is 6. The van der Waals surface area contributed by atoms with Crippen molar-refractivity contribution in [3.63, 3.8) is 0 Å². The molecule has 0 radical (unpaired) electrons. The van der Waals surface area contributed by atoms with Gasteiger partial charge in [-0.15, -0.1) is 0 Å². The highest BCUT2D eigenvalue weighted by Crippen LogP contribution is 2.22. The first-order valence-corrected chi connectivity index (χ1v) is 18.2. The lowest BCUT2D eigenvalue weighted by Gasteiger charge is -2.34. The van der Waals surface area contributed by atoms with Crippen molar-refractivity contribution in [2.24, 2.45) is 23.5 Å². The monoisotopic (exact) mass is 682 g/mol. The van der Waals surface area contributed by atoms with E-state index < -0.39 is 66.4 Å². The van der Waals surface area contributed by atoms with Crippen molar-refractivity contribution in [3.05, 3.63) is 0 Å². The van der Waals surface area contributed by atoms with Gasteiger partial charge in [0.1, 0.15) is 24.2 Å². The molecule has 48 heavy (non-hydrogen) atoms. The van der Waals surface area contributed by atoms with Crippen LogP contribution in [0.4, 0.5) is 0 Å². The van der Waals surface area contributed by atoms with Crippen LogP contribution in [0.2, 0.25) is 0 Å². The van der Waals surface area contributed by atoms with Crippen LogP contribution in [-0.2, 0) is 28.7 Å². The summed E-state index contributed by atoms with van der Waals surface area (Å²) in [5.74, 6) is -3.52. The number of hydrogen-bond acceptors (Lipinski definition) is 8. The largest absolute Gasteiger partial charge is 0.394 e. The summed E-state index contributed by atoms with van der Waals surface area (Å²) in [7, 11) is 1.61. The maximum Gasteiger partial charge on any atom is 0.245 e. The third-order valence-electron chi connectivity index (χ3n) is 9.31. The van der Waals surface area contributed by atoms with Gasteiger partial charge in [0.25, 0.3) is 0 Å². The van der Waals surface area contributed by atoms with Gasteiger partial charge in [-0.1, -0.05) is 99.3 Å². The molecule has 0 saturated carbocycles. The number of aliphatic hydroxyl groups is 1. The Morgan fingerprint density at radius 2 is 1.46 bits per heavy atom. The number of nitrogens with two attached hydrogens (primary N) is 1. The highest BCUT2D eigenvalue weighted by Gasteiger charge is 2.37. The smallest absolute Gasteiger partial charge is 0.245 e. The fourth-order valence-electron chi connectivity index (χ4n) is 5.90. The van der Waals surface area contributed by atoms with Crippen LogP contribution in [0.1, 0.15) is 112 Å². The Morgan fingerprint density at radius 3 is 2.02 bits per heavy atom. The van der Waals surface area contributed by atoms with Gasteiger partial charge >= 0.3 is 0 Å². The number of nitrogens with one attached hydrogen (secondary N) is 4. The molecule has 1 rings (SSSR count). The Kier molecular flexibility index (Phi) is 21.2. The number of aliphatic hydroxyl groups excluding tert-OH is 1. The molecule has 278 valence electrons. The van der Waals surface area contributed by atoms with E-state index >= 15 is 0 Å². The topological polar surface area (TPSA) is 192 Å². The number of rotatable bonds is 15. The molecule has 1 saturated heterocycles. The molecule has 0 spiro atoms. The van der Waals surface area contributed by atoms with Crippen molar-refractivity contribution in [2.75, 3.05) is 33.4 Å². The summed E-state index contributed by atoms with van der Waals surface area (Å²) >= 11 is 0. The minimum absolute atomic E-state index is 0.0709. The Morgan fingerprint density at radius 1 is 0.854 bits per heavy atom. The van der Waals surface area contributed by atoms with E-state index in [0.717, 1.165) is 19.3 Å². The molecule has 1 aliphatic heterocycles. The molecule has 0 aliphatic carbocycles. The number of ether oxygens (including phenoxy) is 1. The Balaban J connectivity index is 3.37. The third-order valence-corrected chi connectivity index (χ3v) is 9.31. The second-order valence-corrected chi connectivity index (χ2v) is 13.8. The second-order valence-electron chi connectivity index (χ2n) is 13.8. The SMILES string of the molecule is CCCCCCCCCC[C@H]1OCCNC(=O)[C@H](CO)NC(=O)[C@H](CN)NC(=O)[C@H]([C@H](C)CC)NC(=O)[C@H](CC(C)C)N(C)C(=O)[C@@H]1C. The molecule has 0 unspecified atom stereocenters. The number of amides is 5. The van der Waals surface area contributed by atoms with E-state index in [1.165, 1.54) is 37.0 Å². The Bertz CT molecular complexity index is 996. The van der Waals surface area contributed by atoms with Crippen LogP contribution in [0, 0.1) is 17.8 Å². The summed E-state index contributed by atoms with van der Waals surface area (Å²) in [5, 5.41) is 20.5. The molecular weight excluding hydrogens is 616 g/mol. The van der Waals surface area contributed by atoms with Crippen molar-refractivity contribution in [1.82, 2.24) is 26.2 Å². The molecule has 7 N–H and O–H groups in total. The maximum absolute atomic E-state index is 14.0. The van der Waals surface area contributed by atoms with Gasteiger partial charge in [0.05, 0.1) is 25.2 Å². The minimum atomic E-state index is -1.28. The zero-order valence-corrected chi connectivity index (χ0v) is 30.6. The zero-order chi connectivity index (χ0) is 36.2. The first-order chi connectivity index (χ1) is 22.8. The number of unbranched alkanes of at least 4 members (excludes halogenated alkanes) is 7.